The molecule has 0 bridgehead atoms. The van der Waals surface area contributed by atoms with Crippen LogP contribution in [0.1, 0.15) is 22.8 Å². The molecule has 19 heavy (non-hydrogen) atoms. The number of carboxylic acid groups (broad SMARTS) is 1. The normalized spacial score (nSPS) is 11.0. The molecular formula is C17H14O2. The Kier molecular flexibility index (Phi) is 2.71. The number of hydrogen-bond donors (Lipinski definition) is 1. The standard InChI is InChI=1S/C17H14O2/c1-2-11-7-8-12-10-16(17(18)19)14-6-4-3-5-13(14)15(12)9-11/h3-10H,2H2,1H3,(H,18,19). The molecule has 3 aromatic carbocycles. The van der Waals surface area contributed by atoms with Crippen molar-refractivity contribution in [3.63, 3.8) is 0 Å². The Hall–Kier alpha value is -2.35. The number of fused-ring (bicyclic) bond motifs is 3. The molecule has 0 spiro atoms. The van der Waals surface area contributed by atoms with Gasteiger partial charge in [0.15, 0.2) is 0 Å². The fraction of sp³-hybridized carbons (Fsp3) is 0.118. The van der Waals surface area contributed by atoms with Crippen molar-refractivity contribution >= 4 is 27.5 Å². The molecule has 0 saturated heterocycles. The fourth-order valence-corrected chi connectivity index (χ4v) is 2.55. The van der Waals surface area contributed by atoms with Crippen LogP contribution in [0.15, 0.2) is 48.5 Å². The second kappa shape index (κ2) is 4.39. The Bertz CT molecular complexity index is 788. The van der Waals surface area contributed by atoms with Crippen LogP contribution in [0.2, 0.25) is 0 Å². The SMILES string of the molecule is CCc1ccc2cc(C(=O)O)c3ccccc3c2c1. The topological polar surface area (TPSA) is 37.3 Å². The Morgan fingerprint density at radius 2 is 1.74 bits per heavy atom. The van der Waals surface area contributed by atoms with E-state index in [1.807, 2.05) is 30.3 Å². The van der Waals surface area contributed by atoms with E-state index in [0.29, 0.717) is 5.56 Å². The van der Waals surface area contributed by atoms with E-state index in [9.17, 15) is 9.90 Å². The van der Waals surface area contributed by atoms with Gasteiger partial charge in [0.25, 0.3) is 0 Å². The second-order valence-electron chi connectivity index (χ2n) is 4.68. The summed E-state index contributed by atoms with van der Waals surface area (Å²) in [5.41, 5.74) is 1.63. The molecule has 0 amide bonds. The first-order valence-corrected chi connectivity index (χ1v) is 6.38. The van der Waals surface area contributed by atoms with Crippen molar-refractivity contribution in [1.82, 2.24) is 0 Å². The van der Waals surface area contributed by atoms with Gasteiger partial charge in [-0.3, -0.25) is 0 Å². The molecule has 0 unspecified atom stereocenters. The van der Waals surface area contributed by atoms with E-state index in [4.69, 9.17) is 0 Å². The Morgan fingerprint density at radius 3 is 2.42 bits per heavy atom. The van der Waals surface area contributed by atoms with Crippen LogP contribution in [0.5, 0.6) is 0 Å². The molecule has 0 aliphatic rings. The fourth-order valence-electron chi connectivity index (χ4n) is 2.55. The third kappa shape index (κ3) is 1.85. The molecule has 0 radical (unpaired) electrons. The van der Waals surface area contributed by atoms with Crippen LogP contribution >= 0.6 is 0 Å². The summed E-state index contributed by atoms with van der Waals surface area (Å²) >= 11 is 0. The number of hydrogen-bond acceptors (Lipinski definition) is 1. The van der Waals surface area contributed by atoms with Gasteiger partial charge >= 0.3 is 5.97 Å². The van der Waals surface area contributed by atoms with Crippen LogP contribution < -0.4 is 0 Å². The largest absolute Gasteiger partial charge is 0.478 e. The molecule has 2 nitrogen and oxygen atoms in total. The molecule has 0 aromatic heterocycles. The molecule has 2 heteroatoms. The van der Waals surface area contributed by atoms with Crippen LogP contribution in [0.25, 0.3) is 21.5 Å². The van der Waals surface area contributed by atoms with Gasteiger partial charge in [-0.05, 0) is 39.6 Å². The van der Waals surface area contributed by atoms with Crippen molar-refractivity contribution in [3.05, 3.63) is 59.7 Å². The minimum Gasteiger partial charge on any atom is -0.478 e. The third-order valence-electron chi connectivity index (χ3n) is 3.56. The molecule has 0 fully saturated rings. The third-order valence-corrected chi connectivity index (χ3v) is 3.56. The van der Waals surface area contributed by atoms with Crippen molar-refractivity contribution in [2.45, 2.75) is 13.3 Å². The number of carboxylic acids is 1. The maximum atomic E-state index is 11.4. The summed E-state index contributed by atoms with van der Waals surface area (Å²) in [7, 11) is 0. The Labute approximate surface area is 111 Å². The van der Waals surface area contributed by atoms with Crippen LogP contribution in [0.3, 0.4) is 0 Å². The van der Waals surface area contributed by atoms with E-state index in [1.165, 1.54) is 5.56 Å². The van der Waals surface area contributed by atoms with E-state index in [0.717, 1.165) is 28.0 Å². The number of rotatable bonds is 2. The second-order valence-corrected chi connectivity index (χ2v) is 4.68. The maximum absolute atomic E-state index is 11.4. The molecule has 94 valence electrons. The summed E-state index contributed by atoms with van der Waals surface area (Å²) < 4.78 is 0. The zero-order valence-electron chi connectivity index (χ0n) is 10.7. The molecular weight excluding hydrogens is 236 g/mol. The van der Waals surface area contributed by atoms with Gasteiger partial charge in [0, 0.05) is 0 Å². The first-order valence-electron chi connectivity index (χ1n) is 6.38. The summed E-state index contributed by atoms with van der Waals surface area (Å²) in [5.74, 6) is -0.877. The summed E-state index contributed by atoms with van der Waals surface area (Å²) in [6.45, 7) is 2.12. The lowest BCUT2D eigenvalue weighted by Crippen LogP contribution is -1.98. The van der Waals surface area contributed by atoms with E-state index in [2.05, 4.69) is 19.1 Å². The van der Waals surface area contributed by atoms with Crippen molar-refractivity contribution in [1.29, 1.82) is 0 Å². The predicted molar refractivity (Wildman–Crippen MR) is 77.8 cm³/mol. The van der Waals surface area contributed by atoms with E-state index in [-0.39, 0.29) is 0 Å². The van der Waals surface area contributed by atoms with Crippen LogP contribution in [0.4, 0.5) is 0 Å². The zero-order chi connectivity index (χ0) is 13.4. The van der Waals surface area contributed by atoms with E-state index < -0.39 is 5.97 Å². The molecule has 0 aliphatic carbocycles. The van der Waals surface area contributed by atoms with Gasteiger partial charge in [-0.1, -0.05) is 49.4 Å². The number of benzene rings is 3. The van der Waals surface area contributed by atoms with Crippen LogP contribution in [-0.2, 0) is 6.42 Å². The Morgan fingerprint density at radius 1 is 1.00 bits per heavy atom. The van der Waals surface area contributed by atoms with Gasteiger partial charge in [0.2, 0.25) is 0 Å². The smallest absolute Gasteiger partial charge is 0.336 e. The maximum Gasteiger partial charge on any atom is 0.336 e. The lowest BCUT2D eigenvalue weighted by molar-refractivity contribution is 0.0699. The van der Waals surface area contributed by atoms with Gasteiger partial charge in [-0.25, -0.2) is 4.79 Å². The predicted octanol–water partition coefficient (Wildman–Crippen LogP) is 4.25. The summed E-state index contributed by atoms with van der Waals surface area (Å²) in [4.78, 5) is 11.4. The number of carbonyl (C=O) groups is 1. The van der Waals surface area contributed by atoms with Gasteiger partial charge in [0.1, 0.15) is 0 Å². The first-order chi connectivity index (χ1) is 9.20. The van der Waals surface area contributed by atoms with E-state index >= 15 is 0 Å². The molecule has 1 N–H and O–H groups in total. The van der Waals surface area contributed by atoms with Crippen molar-refractivity contribution < 1.29 is 9.90 Å². The van der Waals surface area contributed by atoms with Gasteiger partial charge in [0.05, 0.1) is 5.56 Å². The molecule has 0 saturated carbocycles. The average molecular weight is 250 g/mol. The van der Waals surface area contributed by atoms with Gasteiger partial charge < -0.3 is 5.11 Å². The lowest BCUT2D eigenvalue weighted by atomic mass is 9.95. The number of aryl methyl sites for hydroxylation is 1. The summed E-state index contributed by atoms with van der Waals surface area (Å²) in [6.07, 6.45) is 0.977. The summed E-state index contributed by atoms with van der Waals surface area (Å²) in [6, 6.07) is 15.7. The highest BCUT2D eigenvalue weighted by molar-refractivity contribution is 6.15. The summed E-state index contributed by atoms with van der Waals surface area (Å²) in [5, 5.41) is 13.3. The monoisotopic (exact) mass is 250 g/mol. The average Bonchev–Trinajstić information content (AvgIpc) is 2.45. The molecule has 3 rings (SSSR count). The lowest BCUT2D eigenvalue weighted by Gasteiger charge is -2.09. The van der Waals surface area contributed by atoms with Crippen LogP contribution in [-0.4, -0.2) is 11.1 Å². The minimum atomic E-state index is -0.877. The van der Waals surface area contributed by atoms with Crippen molar-refractivity contribution in [3.8, 4) is 0 Å². The molecule has 3 aromatic rings. The highest BCUT2D eigenvalue weighted by atomic mass is 16.4. The van der Waals surface area contributed by atoms with Gasteiger partial charge in [-0.15, -0.1) is 0 Å². The molecule has 0 aliphatic heterocycles. The Balaban J connectivity index is 2.50. The van der Waals surface area contributed by atoms with Crippen LogP contribution in [0, 0.1) is 0 Å². The highest BCUT2D eigenvalue weighted by Crippen LogP contribution is 2.29. The van der Waals surface area contributed by atoms with Crippen molar-refractivity contribution in [2.75, 3.05) is 0 Å². The first kappa shape index (κ1) is 11.7. The van der Waals surface area contributed by atoms with Crippen molar-refractivity contribution in [2.24, 2.45) is 0 Å². The number of aromatic carboxylic acids is 1. The molecule has 0 atom stereocenters. The van der Waals surface area contributed by atoms with E-state index in [1.54, 1.807) is 6.07 Å². The quantitative estimate of drug-likeness (QED) is 0.690. The molecule has 0 heterocycles. The minimum absolute atomic E-state index is 0.368. The highest BCUT2D eigenvalue weighted by Gasteiger charge is 2.11. The van der Waals surface area contributed by atoms with Gasteiger partial charge in [-0.2, -0.15) is 0 Å². The zero-order valence-corrected chi connectivity index (χ0v) is 10.7.